The Morgan fingerprint density at radius 3 is 2.90 bits per heavy atom. The van der Waals surface area contributed by atoms with Gasteiger partial charge >= 0.3 is 0 Å². The lowest BCUT2D eigenvalue weighted by Gasteiger charge is -2.15. The molecule has 1 atom stereocenters. The zero-order valence-corrected chi connectivity index (χ0v) is 12.6. The van der Waals surface area contributed by atoms with E-state index in [-0.39, 0.29) is 6.10 Å². The molecule has 0 saturated heterocycles. The molecule has 2 aromatic rings. The van der Waals surface area contributed by atoms with Gasteiger partial charge in [0.25, 0.3) is 0 Å². The van der Waals surface area contributed by atoms with Crippen LogP contribution in [-0.2, 0) is 11.3 Å². The van der Waals surface area contributed by atoms with Gasteiger partial charge in [-0.1, -0.05) is 0 Å². The summed E-state index contributed by atoms with van der Waals surface area (Å²) in [5, 5.41) is 0. The van der Waals surface area contributed by atoms with Gasteiger partial charge in [0.15, 0.2) is 0 Å². The minimum atomic E-state index is -0.0785. The summed E-state index contributed by atoms with van der Waals surface area (Å²) in [6, 6.07) is 5.38. The summed E-state index contributed by atoms with van der Waals surface area (Å²) in [6.45, 7) is 5.15. The smallest absolute Gasteiger partial charge is 0.150 e. The maximum atomic E-state index is 10.9. The maximum absolute atomic E-state index is 10.9. The number of carbonyl (C=O) groups excluding carboxylic acids is 1. The van der Waals surface area contributed by atoms with Gasteiger partial charge in [0.1, 0.15) is 24.0 Å². The van der Waals surface area contributed by atoms with Crippen molar-refractivity contribution < 1.29 is 14.3 Å². The van der Waals surface area contributed by atoms with Gasteiger partial charge < -0.3 is 14.0 Å². The molecule has 2 rings (SSSR count). The number of hydrogen-bond donors (Lipinski definition) is 0. The summed E-state index contributed by atoms with van der Waals surface area (Å²) in [5.74, 6) is 1.61. The van der Waals surface area contributed by atoms with Gasteiger partial charge in [-0.15, -0.1) is 0 Å². The minimum Gasteiger partial charge on any atom is -0.496 e. The van der Waals surface area contributed by atoms with Gasteiger partial charge in [0, 0.05) is 30.1 Å². The number of ether oxygens (including phenoxy) is 2. The lowest BCUT2D eigenvalue weighted by molar-refractivity contribution is 0.0677. The van der Waals surface area contributed by atoms with E-state index in [1.165, 1.54) is 0 Å². The first kappa shape index (κ1) is 15.3. The molecule has 0 aliphatic rings. The predicted octanol–water partition coefficient (Wildman–Crippen LogP) is 2.85. The summed E-state index contributed by atoms with van der Waals surface area (Å²) < 4.78 is 13.0. The van der Waals surface area contributed by atoms with Gasteiger partial charge in [0.2, 0.25) is 0 Å². The van der Waals surface area contributed by atoms with Crippen LogP contribution in [-0.4, -0.2) is 29.6 Å². The Bertz CT molecular complexity index is 607. The Labute approximate surface area is 124 Å². The SMILES string of the molecule is CCO[C@@H](C)c1nccn1Cc1cc(C=O)ccc1OC. The van der Waals surface area contributed by atoms with Crippen molar-refractivity contribution in [2.75, 3.05) is 13.7 Å². The van der Waals surface area contributed by atoms with Crippen LogP contribution in [0.5, 0.6) is 5.75 Å². The van der Waals surface area contributed by atoms with E-state index in [1.54, 1.807) is 19.4 Å². The topological polar surface area (TPSA) is 53.4 Å². The molecule has 0 N–H and O–H groups in total. The van der Waals surface area contributed by atoms with Crippen LogP contribution in [0.15, 0.2) is 30.6 Å². The highest BCUT2D eigenvalue weighted by Gasteiger charge is 2.14. The molecule has 5 heteroatoms. The third kappa shape index (κ3) is 3.49. The second-order valence-electron chi connectivity index (χ2n) is 4.70. The molecule has 0 spiro atoms. The lowest BCUT2D eigenvalue weighted by Crippen LogP contribution is -2.11. The van der Waals surface area contributed by atoms with Crippen molar-refractivity contribution in [1.29, 1.82) is 0 Å². The molecule has 0 aliphatic heterocycles. The van der Waals surface area contributed by atoms with Crippen molar-refractivity contribution in [1.82, 2.24) is 9.55 Å². The Morgan fingerprint density at radius 2 is 2.24 bits per heavy atom. The molecule has 5 nitrogen and oxygen atoms in total. The van der Waals surface area contributed by atoms with Crippen molar-refractivity contribution in [2.24, 2.45) is 0 Å². The number of rotatable bonds is 7. The fraction of sp³-hybridized carbons (Fsp3) is 0.375. The molecule has 0 saturated carbocycles. The van der Waals surface area contributed by atoms with E-state index in [4.69, 9.17) is 9.47 Å². The van der Waals surface area contributed by atoms with Crippen molar-refractivity contribution in [3.8, 4) is 5.75 Å². The fourth-order valence-electron chi connectivity index (χ4n) is 2.32. The first-order chi connectivity index (χ1) is 10.2. The minimum absolute atomic E-state index is 0.0785. The number of nitrogens with zero attached hydrogens (tertiary/aromatic N) is 2. The average molecular weight is 288 g/mol. The highest BCUT2D eigenvalue weighted by molar-refractivity contribution is 5.75. The van der Waals surface area contributed by atoms with Crippen LogP contribution in [0.2, 0.25) is 0 Å². The molecular formula is C16H20N2O3. The summed E-state index contributed by atoms with van der Waals surface area (Å²) in [4.78, 5) is 15.3. The second kappa shape index (κ2) is 7.04. The maximum Gasteiger partial charge on any atom is 0.150 e. The molecule has 0 bridgehead atoms. The van der Waals surface area contributed by atoms with Crippen LogP contribution in [0.4, 0.5) is 0 Å². The predicted molar refractivity (Wildman–Crippen MR) is 79.8 cm³/mol. The number of imidazole rings is 1. The number of benzene rings is 1. The molecule has 0 aliphatic carbocycles. The van der Waals surface area contributed by atoms with Crippen LogP contribution in [0, 0.1) is 0 Å². The van der Waals surface area contributed by atoms with Crippen LogP contribution in [0.1, 0.15) is 41.7 Å². The Hall–Kier alpha value is -2.14. The summed E-state index contributed by atoms with van der Waals surface area (Å²) in [7, 11) is 1.62. The third-order valence-corrected chi connectivity index (χ3v) is 3.31. The molecule has 1 aromatic carbocycles. The van der Waals surface area contributed by atoms with Crippen LogP contribution in [0.3, 0.4) is 0 Å². The molecule has 1 heterocycles. The average Bonchev–Trinajstić information content (AvgIpc) is 2.95. The number of aromatic nitrogens is 2. The Morgan fingerprint density at radius 1 is 1.43 bits per heavy atom. The monoisotopic (exact) mass is 288 g/mol. The molecule has 112 valence electrons. The largest absolute Gasteiger partial charge is 0.496 e. The summed E-state index contributed by atoms with van der Waals surface area (Å²) in [6.07, 6.45) is 4.41. The van der Waals surface area contributed by atoms with Gasteiger partial charge in [-0.05, 0) is 32.0 Å². The third-order valence-electron chi connectivity index (χ3n) is 3.31. The van der Waals surface area contributed by atoms with E-state index in [0.29, 0.717) is 18.7 Å². The standard InChI is InChI=1S/C16H20N2O3/c1-4-21-12(2)16-17-7-8-18(16)10-14-9-13(11-19)5-6-15(14)20-3/h5-9,11-12H,4,10H2,1-3H3/t12-/m0/s1. The van der Waals surface area contributed by atoms with Crippen molar-refractivity contribution in [2.45, 2.75) is 26.5 Å². The zero-order valence-electron chi connectivity index (χ0n) is 12.6. The molecule has 0 unspecified atom stereocenters. The molecule has 0 radical (unpaired) electrons. The van der Waals surface area contributed by atoms with E-state index in [2.05, 4.69) is 4.98 Å². The van der Waals surface area contributed by atoms with Crippen LogP contribution < -0.4 is 4.74 Å². The number of hydrogen-bond acceptors (Lipinski definition) is 4. The second-order valence-corrected chi connectivity index (χ2v) is 4.70. The number of carbonyl (C=O) groups is 1. The van der Waals surface area contributed by atoms with Crippen molar-refractivity contribution in [3.05, 3.63) is 47.5 Å². The highest BCUT2D eigenvalue weighted by Crippen LogP contribution is 2.23. The molecular weight excluding hydrogens is 268 g/mol. The van der Waals surface area contributed by atoms with Gasteiger partial charge in [-0.25, -0.2) is 4.98 Å². The Kier molecular flexibility index (Phi) is 5.11. The summed E-state index contributed by atoms with van der Waals surface area (Å²) in [5.41, 5.74) is 1.57. The highest BCUT2D eigenvalue weighted by atomic mass is 16.5. The van der Waals surface area contributed by atoms with E-state index in [9.17, 15) is 4.79 Å². The normalized spacial score (nSPS) is 12.1. The first-order valence-electron chi connectivity index (χ1n) is 6.94. The van der Waals surface area contributed by atoms with Gasteiger partial charge in [-0.2, -0.15) is 0 Å². The quantitative estimate of drug-likeness (QED) is 0.735. The van der Waals surface area contributed by atoms with Gasteiger partial charge in [-0.3, -0.25) is 4.79 Å². The number of aldehydes is 1. The molecule has 1 aromatic heterocycles. The van der Waals surface area contributed by atoms with Crippen LogP contribution in [0.25, 0.3) is 0 Å². The molecule has 0 fully saturated rings. The molecule has 0 amide bonds. The number of methoxy groups -OCH3 is 1. The zero-order chi connectivity index (χ0) is 15.2. The lowest BCUT2D eigenvalue weighted by atomic mass is 10.1. The summed E-state index contributed by atoms with van der Waals surface area (Å²) >= 11 is 0. The van der Waals surface area contributed by atoms with E-state index in [0.717, 1.165) is 23.4 Å². The first-order valence-corrected chi connectivity index (χ1v) is 6.94. The van der Waals surface area contributed by atoms with E-state index < -0.39 is 0 Å². The van der Waals surface area contributed by atoms with Crippen molar-refractivity contribution in [3.63, 3.8) is 0 Å². The molecule has 21 heavy (non-hydrogen) atoms. The fourth-order valence-corrected chi connectivity index (χ4v) is 2.32. The van der Waals surface area contributed by atoms with Crippen molar-refractivity contribution >= 4 is 6.29 Å². The Balaban J connectivity index is 2.30. The van der Waals surface area contributed by atoms with Gasteiger partial charge in [0.05, 0.1) is 13.7 Å². The van der Waals surface area contributed by atoms with E-state index in [1.807, 2.05) is 36.7 Å². The van der Waals surface area contributed by atoms with Crippen LogP contribution >= 0.6 is 0 Å². The van der Waals surface area contributed by atoms with E-state index >= 15 is 0 Å².